The normalized spacial score (nSPS) is 17.3. The van der Waals surface area contributed by atoms with Gasteiger partial charge in [0.05, 0.1) is 5.52 Å². The van der Waals surface area contributed by atoms with Crippen LogP contribution in [0.2, 0.25) is 0 Å². The molecule has 1 aliphatic rings. The van der Waals surface area contributed by atoms with E-state index in [0.29, 0.717) is 5.92 Å². The maximum absolute atomic E-state index is 4.45. The molecule has 0 aliphatic carbocycles. The number of hydrogen-bond donors (Lipinski definition) is 1. The lowest BCUT2D eigenvalue weighted by atomic mass is 9.97. The summed E-state index contributed by atoms with van der Waals surface area (Å²) >= 11 is 0. The van der Waals surface area contributed by atoms with Crippen LogP contribution in [0.3, 0.4) is 0 Å². The van der Waals surface area contributed by atoms with Crippen LogP contribution < -0.4 is 5.32 Å². The second-order valence-electron chi connectivity index (χ2n) is 5.17. The molecule has 1 aliphatic heterocycles. The summed E-state index contributed by atoms with van der Waals surface area (Å²) in [5.74, 6) is 1.63. The zero-order valence-corrected chi connectivity index (χ0v) is 10.7. The van der Waals surface area contributed by atoms with Gasteiger partial charge in [0.1, 0.15) is 5.82 Å². The van der Waals surface area contributed by atoms with Crippen LogP contribution in [0.15, 0.2) is 36.4 Å². The van der Waals surface area contributed by atoms with Crippen LogP contribution in [0.4, 0.5) is 0 Å². The van der Waals surface area contributed by atoms with Gasteiger partial charge in [-0.05, 0) is 49.5 Å². The van der Waals surface area contributed by atoms with E-state index in [0.717, 1.165) is 37.4 Å². The van der Waals surface area contributed by atoms with E-state index in [2.05, 4.69) is 56.3 Å². The van der Waals surface area contributed by atoms with Crippen molar-refractivity contribution >= 4 is 16.6 Å². The first-order valence-corrected chi connectivity index (χ1v) is 6.87. The predicted octanol–water partition coefficient (Wildman–Crippen LogP) is 2.35. The first kappa shape index (κ1) is 10.9. The molecule has 1 N–H and O–H groups in total. The standard InChI is InChI=1S/C15H16N4/c1-2-4-13-11(3-1)5-6-14-17-18-15(19(13)14)12-7-9-16-10-8-12/h1-6,12,16H,7-10H2. The Bertz CT molecular complexity index is 725. The molecular weight excluding hydrogens is 236 g/mol. The van der Waals surface area contributed by atoms with Crippen LogP contribution in [-0.2, 0) is 0 Å². The van der Waals surface area contributed by atoms with Crippen molar-refractivity contribution in [3.8, 4) is 0 Å². The summed E-state index contributed by atoms with van der Waals surface area (Å²) in [6.45, 7) is 2.15. The van der Waals surface area contributed by atoms with E-state index >= 15 is 0 Å². The van der Waals surface area contributed by atoms with Gasteiger partial charge in [0.2, 0.25) is 0 Å². The van der Waals surface area contributed by atoms with Gasteiger partial charge in [-0.25, -0.2) is 0 Å². The summed E-state index contributed by atoms with van der Waals surface area (Å²) in [5.41, 5.74) is 2.16. The van der Waals surface area contributed by atoms with Gasteiger partial charge in [-0.3, -0.25) is 4.40 Å². The van der Waals surface area contributed by atoms with Crippen molar-refractivity contribution in [1.82, 2.24) is 19.9 Å². The largest absolute Gasteiger partial charge is 0.317 e. The molecule has 1 aromatic carbocycles. The summed E-state index contributed by atoms with van der Waals surface area (Å²) < 4.78 is 2.23. The minimum absolute atomic E-state index is 0.516. The van der Waals surface area contributed by atoms with Crippen LogP contribution in [-0.4, -0.2) is 27.7 Å². The Balaban J connectivity index is 1.97. The number of nitrogens with one attached hydrogen (secondary N) is 1. The second kappa shape index (κ2) is 4.31. The molecule has 0 radical (unpaired) electrons. The van der Waals surface area contributed by atoms with Crippen molar-refractivity contribution in [1.29, 1.82) is 0 Å². The number of fused-ring (bicyclic) bond motifs is 3. The molecule has 0 spiro atoms. The Morgan fingerprint density at radius 3 is 2.74 bits per heavy atom. The molecule has 19 heavy (non-hydrogen) atoms. The molecule has 2 aromatic heterocycles. The van der Waals surface area contributed by atoms with E-state index in [9.17, 15) is 0 Å². The summed E-state index contributed by atoms with van der Waals surface area (Å²) in [5, 5.41) is 13.4. The van der Waals surface area contributed by atoms with Crippen molar-refractivity contribution in [2.75, 3.05) is 13.1 Å². The SMILES string of the molecule is c1ccc2c(c1)ccc1nnc(C3CCNCC3)n12. The van der Waals surface area contributed by atoms with Crippen LogP contribution >= 0.6 is 0 Å². The zero-order valence-electron chi connectivity index (χ0n) is 10.7. The number of pyridine rings is 1. The number of para-hydroxylation sites is 1. The molecule has 0 amide bonds. The van der Waals surface area contributed by atoms with Crippen LogP contribution in [0.5, 0.6) is 0 Å². The highest BCUT2D eigenvalue weighted by Crippen LogP contribution is 2.26. The minimum atomic E-state index is 0.516. The van der Waals surface area contributed by atoms with E-state index in [4.69, 9.17) is 0 Å². The van der Waals surface area contributed by atoms with Crippen molar-refractivity contribution in [2.45, 2.75) is 18.8 Å². The number of rotatable bonds is 1. The average Bonchev–Trinajstić information content (AvgIpc) is 2.92. The minimum Gasteiger partial charge on any atom is -0.317 e. The van der Waals surface area contributed by atoms with Crippen LogP contribution in [0, 0.1) is 0 Å². The van der Waals surface area contributed by atoms with Gasteiger partial charge in [-0.1, -0.05) is 18.2 Å². The summed E-state index contributed by atoms with van der Waals surface area (Å²) in [6, 6.07) is 12.6. The molecule has 4 rings (SSSR count). The Morgan fingerprint density at radius 1 is 1.00 bits per heavy atom. The third-order valence-electron chi connectivity index (χ3n) is 4.01. The third kappa shape index (κ3) is 1.71. The second-order valence-corrected chi connectivity index (χ2v) is 5.17. The molecule has 1 fully saturated rings. The van der Waals surface area contributed by atoms with Gasteiger partial charge in [0.25, 0.3) is 0 Å². The average molecular weight is 252 g/mol. The first-order valence-electron chi connectivity index (χ1n) is 6.87. The summed E-state index contributed by atoms with van der Waals surface area (Å²) in [4.78, 5) is 0. The van der Waals surface area contributed by atoms with Crippen LogP contribution in [0.25, 0.3) is 16.6 Å². The Hall–Kier alpha value is -1.94. The predicted molar refractivity (Wildman–Crippen MR) is 75.3 cm³/mol. The molecule has 0 unspecified atom stereocenters. The molecule has 4 heteroatoms. The Kier molecular flexibility index (Phi) is 2.48. The monoisotopic (exact) mass is 252 g/mol. The van der Waals surface area contributed by atoms with Gasteiger partial charge in [-0.2, -0.15) is 0 Å². The summed E-state index contributed by atoms with van der Waals surface area (Å²) in [6.07, 6.45) is 2.29. The van der Waals surface area contributed by atoms with Gasteiger partial charge in [0, 0.05) is 5.92 Å². The molecule has 0 bridgehead atoms. The highest BCUT2D eigenvalue weighted by atomic mass is 15.3. The topological polar surface area (TPSA) is 42.2 Å². The van der Waals surface area contributed by atoms with Gasteiger partial charge < -0.3 is 5.32 Å². The van der Waals surface area contributed by atoms with Gasteiger partial charge in [0.15, 0.2) is 5.65 Å². The molecule has 4 nitrogen and oxygen atoms in total. The first-order chi connectivity index (χ1) is 9.43. The Labute approximate surface area is 111 Å². The lowest BCUT2D eigenvalue weighted by Gasteiger charge is -2.21. The van der Waals surface area contributed by atoms with E-state index in [1.165, 1.54) is 10.9 Å². The lowest BCUT2D eigenvalue weighted by molar-refractivity contribution is 0.443. The van der Waals surface area contributed by atoms with Gasteiger partial charge in [-0.15, -0.1) is 10.2 Å². The van der Waals surface area contributed by atoms with Crippen LogP contribution in [0.1, 0.15) is 24.6 Å². The van der Waals surface area contributed by atoms with E-state index in [1.807, 2.05) is 0 Å². The maximum atomic E-state index is 4.45. The number of piperidine rings is 1. The molecule has 0 atom stereocenters. The fourth-order valence-corrected chi connectivity index (χ4v) is 3.00. The Morgan fingerprint density at radius 2 is 1.84 bits per heavy atom. The van der Waals surface area contributed by atoms with Crippen molar-refractivity contribution in [3.05, 3.63) is 42.2 Å². The van der Waals surface area contributed by atoms with E-state index in [-0.39, 0.29) is 0 Å². The smallest absolute Gasteiger partial charge is 0.161 e. The lowest BCUT2D eigenvalue weighted by Crippen LogP contribution is -2.27. The number of benzene rings is 1. The van der Waals surface area contributed by atoms with E-state index in [1.54, 1.807) is 0 Å². The van der Waals surface area contributed by atoms with Crippen molar-refractivity contribution < 1.29 is 0 Å². The third-order valence-corrected chi connectivity index (χ3v) is 4.01. The maximum Gasteiger partial charge on any atom is 0.161 e. The van der Waals surface area contributed by atoms with Crippen molar-refractivity contribution in [2.24, 2.45) is 0 Å². The van der Waals surface area contributed by atoms with E-state index < -0.39 is 0 Å². The molecule has 3 heterocycles. The fraction of sp³-hybridized carbons (Fsp3) is 0.333. The number of hydrogen-bond acceptors (Lipinski definition) is 3. The molecule has 3 aromatic rings. The number of nitrogens with zero attached hydrogens (tertiary/aromatic N) is 3. The zero-order chi connectivity index (χ0) is 12.7. The molecule has 1 saturated heterocycles. The highest BCUT2D eigenvalue weighted by molar-refractivity contribution is 5.82. The highest BCUT2D eigenvalue weighted by Gasteiger charge is 2.21. The van der Waals surface area contributed by atoms with Gasteiger partial charge >= 0.3 is 0 Å². The number of aromatic nitrogens is 3. The molecule has 96 valence electrons. The quantitative estimate of drug-likeness (QED) is 0.723. The summed E-state index contributed by atoms with van der Waals surface area (Å²) in [7, 11) is 0. The fourth-order valence-electron chi connectivity index (χ4n) is 3.00. The molecular formula is C15H16N4. The molecule has 0 saturated carbocycles. The van der Waals surface area contributed by atoms with Crippen molar-refractivity contribution in [3.63, 3.8) is 0 Å².